The molecule has 6 aromatic carbocycles. The molecule has 10 nitrogen and oxygen atoms in total. The van der Waals surface area contributed by atoms with Crippen LogP contribution in [0.1, 0.15) is 39.1 Å². The lowest BCUT2D eigenvalue weighted by Gasteiger charge is -2.36. The van der Waals surface area contributed by atoms with Gasteiger partial charge in [0, 0.05) is 5.38 Å². The Balaban J connectivity index is 1.17. The average Bonchev–Trinajstić information content (AvgIpc) is 3.79. The second-order valence-corrected chi connectivity index (χ2v) is 15.1. The Kier molecular flexibility index (Phi) is 14.5. The summed E-state index contributed by atoms with van der Waals surface area (Å²) in [4.78, 5) is 24.3. The van der Waals surface area contributed by atoms with E-state index in [0.717, 1.165) is 39.3 Å². The molecule has 0 bridgehead atoms. The number of anilines is 1. The van der Waals surface area contributed by atoms with Gasteiger partial charge in [0.15, 0.2) is 16.6 Å². The van der Waals surface area contributed by atoms with E-state index >= 15 is 0 Å². The van der Waals surface area contributed by atoms with Gasteiger partial charge in [0.1, 0.15) is 49.2 Å². The third-order valence-corrected chi connectivity index (χ3v) is 10.8. The molecule has 0 unspecified atom stereocenters. The Bertz CT molecular complexity index is 2470. The van der Waals surface area contributed by atoms with Gasteiger partial charge in [-0.15, -0.1) is 11.3 Å². The first kappa shape index (κ1) is 43.0. The maximum absolute atomic E-state index is 13.5. The van der Waals surface area contributed by atoms with Gasteiger partial charge in [-0.2, -0.15) is 0 Å². The Morgan fingerprint density at radius 1 is 0.726 bits per heavy atom. The lowest BCUT2D eigenvalue weighted by molar-refractivity contribution is -0.134. The van der Waals surface area contributed by atoms with Gasteiger partial charge in [-0.3, -0.25) is 0 Å². The van der Waals surface area contributed by atoms with Gasteiger partial charge >= 0.3 is 5.97 Å². The van der Waals surface area contributed by atoms with Crippen molar-refractivity contribution in [1.82, 2.24) is 4.98 Å². The first-order valence-corrected chi connectivity index (χ1v) is 20.9. The minimum Gasteiger partial charge on any atom is -0.497 e. The van der Waals surface area contributed by atoms with E-state index in [0.29, 0.717) is 27.2 Å². The van der Waals surface area contributed by atoms with E-state index in [1.165, 1.54) is 17.4 Å². The molecule has 7 aromatic rings. The zero-order valence-corrected chi connectivity index (χ0v) is 35.7. The van der Waals surface area contributed by atoms with Crippen LogP contribution in [0.15, 0.2) is 175 Å². The van der Waals surface area contributed by atoms with E-state index in [1.807, 2.05) is 103 Å². The number of oxime groups is 1. The van der Waals surface area contributed by atoms with Crippen LogP contribution < -0.4 is 24.3 Å². The standard InChI is InChI=1S/C50H44ClN3O7S/c1-4-28-58-48(55)46(44-34-62-49(52-44)53-50(38-14-8-5-9-15-38,39-16-10-6-11-17-39)40-18-12-7-13-19-40)54-61-33-37-29-43(51)47(60-32-36-22-26-42(57-3)27-23-36)45(30-37)59-31-35-20-24-41(56-2)25-21-35/h4-27,29-30,34H,1,28,31-33H2,2-3H3,(H,52,53). The molecule has 0 fully saturated rings. The Morgan fingerprint density at radius 3 is 1.77 bits per heavy atom. The predicted octanol–water partition coefficient (Wildman–Crippen LogP) is 11.0. The Hall–Kier alpha value is -7.08. The first-order chi connectivity index (χ1) is 30.4. The third-order valence-electron chi connectivity index (χ3n) is 9.74. The molecule has 1 aromatic heterocycles. The molecule has 0 saturated heterocycles. The molecule has 0 aliphatic carbocycles. The number of methoxy groups -OCH3 is 2. The molecular weight excluding hydrogens is 822 g/mol. The summed E-state index contributed by atoms with van der Waals surface area (Å²) in [7, 11) is 3.23. The minimum atomic E-state index is -0.840. The highest BCUT2D eigenvalue weighted by atomic mass is 35.5. The highest BCUT2D eigenvalue weighted by Gasteiger charge is 2.37. The monoisotopic (exact) mass is 865 g/mol. The lowest BCUT2D eigenvalue weighted by Crippen LogP contribution is -2.38. The van der Waals surface area contributed by atoms with Gasteiger partial charge in [0.05, 0.1) is 19.2 Å². The quantitative estimate of drug-likeness (QED) is 0.0263. The van der Waals surface area contributed by atoms with Crippen molar-refractivity contribution in [3.05, 3.63) is 214 Å². The number of carbonyl (C=O) groups excluding carboxylic acids is 1. The highest BCUT2D eigenvalue weighted by Crippen LogP contribution is 2.41. The van der Waals surface area contributed by atoms with E-state index in [-0.39, 0.29) is 37.8 Å². The molecule has 12 heteroatoms. The number of hydrogen-bond donors (Lipinski definition) is 1. The fourth-order valence-electron chi connectivity index (χ4n) is 6.66. The smallest absolute Gasteiger partial charge is 0.363 e. The molecular formula is C50H44ClN3O7S. The van der Waals surface area contributed by atoms with Crippen molar-refractivity contribution in [1.29, 1.82) is 0 Å². The number of ether oxygens (including phenoxy) is 5. The number of aromatic nitrogens is 1. The van der Waals surface area contributed by atoms with Crippen molar-refractivity contribution < 1.29 is 33.3 Å². The van der Waals surface area contributed by atoms with E-state index < -0.39 is 11.5 Å². The summed E-state index contributed by atoms with van der Waals surface area (Å²) in [6.45, 7) is 4.02. The second kappa shape index (κ2) is 20.9. The summed E-state index contributed by atoms with van der Waals surface area (Å²) in [5, 5.41) is 10.6. The zero-order valence-electron chi connectivity index (χ0n) is 34.2. The number of nitrogens with zero attached hydrogens (tertiary/aromatic N) is 2. The second-order valence-electron chi connectivity index (χ2n) is 13.8. The number of rotatable bonds is 20. The van der Waals surface area contributed by atoms with Crippen LogP contribution in [0.4, 0.5) is 5.13 Å². The highest BCUT2D eigenvalue weighted by molar-refractivity contribution is 7.14. The van der Waals surface area contributed by atoms with E-state index in [4.69, 9.17) is 45.1 Å². The molecule has 0 spiro atoms. The molecule has 1 heterocycles. The van der Waals surface area contributed by atoms with Crippen molar-refractivity contribution in [3.8, 4) is 23.0 Å². The normalized spacial score (nSPS) is 11.3. The van der Waals surface area contributed by atoms with Crippen LogP contribution in [0.3, 0.4) is 0 Å². The first-order valence-electron chi connectivity index (χ1n) is 19.6. The summed E-state index contributed by atoms with van der Waals surface area (Å²) >= 11 is 8.20. The van der Waals surface area contributed by atoms with Crippen LogP contribution in [0.2, 0.25) is 5.02 Å². The molecule has 0 radical (unpaired) electrons. The Labute approximate surface area is 370 Å². The van der Waals surface area contributed by atoms with Crippen molar-refractivity contribution >= 4 is 39.8 Å². The summed E-state index contributed by atoms with van der Waals surface area (Å²) in [5.41, 5.74) is 4.72. The molecule has 314 valence electrons. The van der Waals surface area contributed by atoms with Crippen molar-refractivity contribution in [2.75, 3.05) is 26.1 Å². The van der Waals surface area contributed by atoms with Crippen LogP contribution in [0.25, 0.3) is 0 Å². The summed E-state index contributed by atoms with van der Waals surface area (Å²) in [6, 6.07) is 49.1. The average molecular weight is 866 g/mol. The maximum atomic E-state index is 13.5. The Morgan fingerprint density at radius 2 is 1.26 bits per heavy atom. The van der Waals surface area contributed by atoms with E-state index in [1.54, 1.807) is 31.7 Å². The molecule has 0 aliphatic rings. The van der Waals surface area contributed by atoms with Gasteiger partial charge < -0.3 is 33.8 Å². The van der Waals surface area contributed by atoms with Crippen molar-refractivity contribution in [3.63, 3.8) is 0 Å². The third kappa shape index (κ3) is 10.4. The van der Waals surface area contributed by atoms with Gasteiger partial charge in [-0.1, -0.05) is 145 Å². The topological polar surface area (TPSA) is 110 Å². The van der Waals surface area contributed by atoms with Crippen molar-refractivity contribution in [2.45, 2.75) is 25.4 Å². The largest absolute Gasteiger partial charge is 0.497 e. The minimum absolute atomic E-state index is 0.0330. The summed E-state index contributed by atoms with van der Waals surface area (Å²) < 4.78 is 28.6. The fraction of sp³-hybridized carbons (Fsp3) is 0.140. The molecule has 1 N–H and O–H groups in total. The molecule has 0 amide bonds. The van der Waals surface area contributed by atoms with Crippen LogP contribution >= 0.6 is 22.9 Å². The van der Waals surface area contributed by atoms with Crippen LogP contribution in [-0.2, 0) is 39.7 Å². The molecule has 0 saturated carbocycles. The number of esters is 1. The predicted molar refractivity (Wildman–Crippen MR) is 244 cm³/mol. The molecule has 7 rings (SSSR count). The van der Waals surface area contributed by atoms with E-state index in [2.05, 4.69) is 53.4 Å². The van der Waals surface area contributed by atoms with Gasteiger partial charge in [-0.25, -0.2) is 9.78 Å². The summed E-state index contributed by atoms with van der Waals surface area (Å²) in [6.07, 6.45) is 1.48. The van der Waals surface area contributed by atoms with Gasteiger partial charge in [0.2, 0.25) is 5.71 Å². The van der Waals surface area contributed by atoms with Crippen molar-refractivity contribution in [2.24, 2.45) is 5.16 Å². The number of benzene rings is 6. The number of halogens is 1. The molecule has 0 aliphatic heterocycles. The van der Waals surface area contributed by atoms with Crippen LogP contribution in [0.5, 0.6) is 23.0 Å². The number of nitrogens with one attached hydrogen (secondary N) is 1. The SMILES string of the molecule is C=CCOC(=O)C(=NOCc1cc(Cl)c(OCc2ccc(OC)cc2)c(OCc2ccc(OC)cc2)c1)c1csc(NC(c2ccccc2)(c2ccccc2)c2ccccc2)n1. The zero-order chi connectivity index (χ0) is 43.2. The fourth-order valence-corrected chi connectivity index (χ4v) is 7.70. The van der Waals surface area contributed by atoms with E-state index in [9.17, 15) is 4.79 Å². The maximum Gasteiger partial charge on any atom is 0.363 e. The van der Waals surface area contributed by atoms with Crippen LogP contribution in [0, 0.1) is 0 Å². The number of thiazole rings is 1. The summed E-state index contributed by atoms with van der Waals surface area (Å²) in [5.74, 6) is 1.49. The van der Waals surface area contributed by atoms with Crippen LogP contribution in [-0.4, -0.2) is 37.5 Å². The number of hydrogen-bond acceptors (Lipinski definition) is 11. The molecule has 0 atom stereocenters. The molecule has 62 heavy (non-hydrogen) atoms. The number of carbonyl (C=O) groups is 1. The lowest BCUT2D eigenvalue weighted by atomic mass is 9.77. The van der Waals surface area contributed by atoms with Gasteiger partial charge in [-0.05, 0) is 69.8 Å². The van der Waals surface area contributed by atoms with Gasteiger partial charge in [0.25, 0.3) is 0 Å².